The second-order valence-corrected chi connectivity index (χ2v) is 19.7. The summed E-state index contributed by atoms with van der Waals surface area (Å²) in [5.41, 5.74) is -1.43. The topological polar surface area (TPSA) is 58.2 Å². The predicted molar refractivity (Wildman–Crippen MR) is 178 cm³/mol. The third-order valence-electron chi connectivity index (χ3n) is 8.86. The average molecular weight is 727 g/mol. The standard InChI is InChI=1S/2C13H15ClF2NO.2C5H5.Ti/c2*1-13(2,8-14)12(18)17-6-5-9-3-4-10(15)7-11(9)16;2*1-2-4-5-3-1;/h2*3-4H,5-6,8H2,1-2H3,(H,17,18);2*1-3H,4H2;. The zero-order valence-electron chi connectivity index (χ0n) is 27.0. The van der Waals surface area contributed by atoms with Crippen LogP contribution in [0.3, 0.4) is 0 Å². The fourth-order valence-corrected chi connectivity index (χ4v) is 14.5. The van der Waals surface area contributed by atoms with Gasteiger partial charge in [-0.25, -0.2) is 0 Å². The first-order valence-corrected chi connectivity index (χ1v) is 19.8. The number of benzene rings is 2. The van der Waals surface area contributed by atoms with E-state index >= 15 is 17.6 Å². The van der Waals surface area contributed by atoms with E-state index in [2.05, 4.69) is 10.6 Å². The van der Waals surface area contributed by atoms with Gasteiger partial charge in [0.25, 0.3) is 0 Å². The maximum atomic E-state index is 16.9. The van der Waals surface area contributed by atoms with Gasteiger partial charge in [-0.2, -0.15) is 0 Å². The van der Waals surface area contributed by atoms with Crippen LogP contribution >= 0.6 is 23.2 Å². The van der Waals surface area contributed by atoms with Gasteiger partial charge in [0.1, 0.15) is 0 Å². The van der Waals surface area contributed by atoms with Crippen molar-refractivity contribution in [3.8, 4) is 0 Å². The number of rotatable bonds is 14. The van der Waals surface area contributed by atoms with Crippen LogP contribution in [0.1, 0.15) is 51.7 Å². The molecule has 0 aliphatic heterocycles. The van der Waals surface area contributed by atoms with Crippen LogP contribution < -0.4 is 18.4 Å². The Morgan fingerprint density at radius 2 is 1.09 bits per heavy atom. The Balaban J connectivity index is 1.86. The van der Waals surface area contributed by atoms with Crippen molar-refractivity contribution in [1.29, 1.82) is 0 Å². The summed E-state index contributed by atoms with van der Waals surface area (Å²) in [6.07, 6.45) is 11.2. The van der Waals surface area contributed by atoms with Crippen molar-refractivity contribution in [3.63, 3.8) is 0 Å². The van der Waals surface area contributed by atoms with Crippen LogP contribution in [-0.2, 0) is 39.0 Å². The second-order valence-electron chi connectivity index (χ2n) is 13.2. The predicted octanol–water partition coefficient (Wildman–Crippen LogP) is 6.88. The molecule has 0 spiro atoms. The van der Waals surface area contributed by atoms with Crippen LogP contribution in [0.4, 0.5) is 17.6 Å². The van der Waals surface area contributed by atoms with Crippen molar-refractivity contribution < 1.29 is 43.7 Å². The molecular weight excluding hydrogens is 687 g/mol. The Bertz CT molecular complexity index is 1540. The summed E-state index contributed by atoms with van der Waals surface area (Å²) in [4.78, 5) is 25.2. The Hall–Kier alpha value is -2.65. The third-order valence-corrected chi connectivity index (χ3v) is 18.1. The molecule has 0 radical (unpaired) electrons. The molecule has 252 valence electrons. The van der Waals surface area contributed by atoms with Crippen molar-refractivity contribution in [2.75, 3.05) is 24.8 Å². The van der Waals surface area contributed by atoms with E-state index in [9.17, 15) is 9.59 Å². The van der Waals surface area contributed by atoms with E-state index in [-0.39, 0.29) is 81.2 Å². The van der Waals surface area contributed by atoms with Gasteiger partial charge < -0.3 is 0 Å². The van der Waals surface area contributed by atoms with Gasteiger partial charge >= 0.3 is 289 Å². The van der Waals surface area contributed by atoms with Crippen LogP contribution in [0, 0.1) is 34.1 Å². The quantitative estimate of drug-likeness (QED) is 0.127. The molecule has 0 atom stereocenters. The SMILES string of the molecule is CC(C)(CCl)C(=O)NCCc1ccc(F)[c]([Ti]([C]2=CC=CC2)([C]2=CC=CC2)[c]2c(F)ccc(CCNC(=O)C(C)(C)CCl)c2F)c1F. The number of alkyl halides is 2. The molecular formula is C36H40Cl2F4N2O2Ti. The zero-order chi connectivity index (χ0) is 34.6. The minimum atomic E-state index is -5.02. The number of halogens is 6. The van der Waals surface area contributed by atoms with Gasteiger partial charge in [0.05, 0.1) is 0 Å². The number of nitrogens with one attached hydrogen (secondary N) is 2. The van der Waals surface area contributed by atoms with E-state index in [1.54, 1.807) is 52.0 Å². The van der Waals surface area contributed by atoms with Crippen molar-refractivity contribution in [3.05, 3.63) is 103 Å². The summed E-state index contributed by atoms with van der Waals surface area (Å²) >= 11 is 6.83. The van der Waals surface area contributed by atoms with Gasteiger partial charge in [-0.3, -0.25) is 0 Å². The Morgan fingerprint density at radius 1 is 0.702 bits per heavy atom. The summed E-state index contributed by atoms with van der Waals surface area (Å²) in [5.74, 6) is -3.93. The number of amides is 2. The third kappa shape index (κ3) is 7.51. The molecule has 0 aromatic heterocycles. The molecule has 11 heteroatoms. The number of allylic oxidation sites excluding steroid dienone is 8. The van der Waals surface area contributed by atoms with Crippen molar-refractivity contribution >= 4 is 42.8 Å². The number of carbonyl (C=O) groups is 2. The molecule has 47 heavy (non-hydrogen) atoms. The minimum absolute atomic E-state index is 0.0273. The first-order valence-electron chi connectivity index (χ1n) is 15.6. The molecule has 2 aliphatic carbocycles. The van der Waals surface area contributed by atoms with Crippen LogP contribution in [-0.4, -0.2) is 36.7 Å². The van der Waals surface area contributed by atoms with Crippen molar-refractivity contribution in [2.45, 2.75) is 53.4 Å². The van der Waals surface area contributed by atoms with Crippen LogP contribution in [0.25, 0.3) is 0 Å². The summed E-state index contributed by atoms with van der Waals surface area (Å²) in [6, 6.07) is 4.93. The number of hydrogen-bond donors (Lipinski definition) is 2. The molecule has 2 N–H and O–H groups in total. The Labute approximate surface area is 287 Å². The van der Waals surface area contributed by atoms with Gasteiger partial charge in [-0.1, -0.05) is 0 Å². The molecule has 0 bridgehead atoms. The number of hydrogen-bond acceptors (Lipinski definition) is 2. The fraction of sp³-hybridized carbons (Fsp3) is 0.389. The van der Waals surface area contributed by atoms with E-state index in [4.69, 9.17) is 23.2 Å². The van der Waals surface area contributed by atoms with E-state index in [1.165, 1.54) is 12.1 Å². The van der Waals surface area contributed by atoms with Gasteiger partial charge in [-0.05, 0) is 0 Å². The Kier molecular flexibility index (Phi) is 12.1. The van der Waals surface area contributed by atoms with E-state index in [0.29, 0.717) is 7.76 Å². The van der Waals surface area contributed by atoms with Crippen LogP contribution in [0.15, 0.2) is 68.5 Å². The van der Waals surface area contributed by atoms with E-state index in [1.807, 2.05) is 12.2 Å². The maximum absolute atomic E-state index is 16.9. The molecule has 0 saturated heterocycles. The zero-order valence-corrected chi connectivity index (χ0v) is 30.1. The van der Waals surface area contributed by atoms with Gasteiger partial charge in [0, 0.05) is 0 Å². The first-order chi connectivity index (χ1) is 22.2. The molecule has 0 unspecified atom stereocenters. The second kappa shape index (κ2) is 15.3. The molecule has 2 aromatic rings. The van der Waals surface area contributed by atoms with Gasteiger partial charge in [0.15, 0.2) is 0 Å². The van der Waals surface area contributed by atoms with Crippen molar-refractivity contribution in [2.24, 2.45) is 10.8 Å². The molecule has 0 heterocycles. The van der Waals surface area contributed by atoms with Crippen LogP contribution in [0.2, 0.25) is 0 Å². The molecule has 0 saturated carbocycles. The molecule has 2 aliphatic rings. The van der Waals surface area contributed by atoms with Crippen molar-refractivity contribution in [1.82, 2.24) is 10.6 Å². The molecule has 0 fully saturated rings. The van der Waals surface area contributed by atoms with Gasteiger partial charge in [0.2, 0.25) is 0 Å². The first kappa shape index (κ1) is 37.2. The summed E-state index contributed by atoms with van der Waals surface area (Å²) in [5, 5.41) is 5.52. The fourth-order valence-electron chi connectivity index (χ4n) is 5.91. The molecule has 2 amide bonds. The van der Waals surface area contributed by atoms with E-state index < -0.39 is 50.7 Å². The van der Waals surface area contributed by atoms with Gasteiger partial charge in [-0.15, -0.1) is 0 Å². The van der Waals surface area contributed by atoms with E-state index in [0.717, 1.165) is 12.1 Å². The summed E-state index contributed by atoms with van der Waals surface area (Å²) in [6.45, 7) is 6.86. The average Bonchev–Trinajstić information content (AvgIpc) is 3.78. The monoisotopic (exact) mass is 726 g/mol. The summed E-state index contributed by atoms with van der Waals surface area (Å²) in [7, 11) is 0. The summed E-state index contributed by atoms with van der Waals surface area (Å²) < 4.78 is 67.0. The molecule has 2 aromatic carbocycles. The number of carbonyl (C=O) groups excluding carboxylic acids is 2. The Morgan fingerprint density at radius 3 is 1.40 bits per heavy atom. The normalized spacial score (nSPS) is 14.8. The molecule has 4 rings (SSSR count). The molecule has 4 nitrogen and oxygen atoms in total. The van der Waals surface area contributed by atoms with Crippen LogP contribution in [0.5, 0.6) is 0 Å².